The van der Waals surface area contributed by atoms with Gasteiger partial charge in [-0.2, -0.15) is 0 Å². The third-order valence-electron chi connectivity index (χ3n) is 3.04. The minimum absolute atomic E-state index is 0.377. The number of hydrogen-bond donors (Lipinski definition) is 1. The lowest BCUT2D eigenvalue weighted by atomic mass is 10.2. The molecule has 2 aromatic heterocycles. The van der Waals surface area contributed by atoms with Gasteiger partial charge in [0.05, 0.1) is 6.04 Å². The van der Waals surface area contributed by atoms with Gasteiger partial charge in [-0.15, -0.1) is 11.3 Å². The van der Waals surface area contributed by atoms with Gasteiger partial charge in [0.25, 0.3) is 0 Å². The first kappa shape index (κ1) is 12.9. The van der Waals surface area contributed by atoms with E-state index >= 15 is 0 Å². The molecule has 2 aromatic rings. The van der Waals surface area contributed by atoms with Gasteiger partial charge < -0.3 is 10.2 Å². The van der Waals surface area contributed by atoms with Crippen molar-refractivity contribution in [3.63, 3.8) is 0 Å². The first-order chi connectivity index (χ1) is 8.72. The van der Waals surface area contributed by atoms with Crippen LogP contribution in [-0.4, -0.2) is 18.6 Å². The van der Waals surface area contributed by atoms with Crippen molar-refractivity contribution in [2.45, 2.75) is 19.9 Å². The van der Waals surface area contributed by atoms with Gasteiger partial charge >= 0.3 is 0 Å². The highest BCUT2D eigenvalue weighted by atomic mass is 32.1. The summed E-state index contributed by atoms with van der Waals surface area (Å²) in [6.07, 6.45) is 1.85. The highest BCUT2D eigenvalue weighted by Crippen LogP contribution is 2.28. The summed E-state index contributed by atoms with van der Waals surface area (Å²) in [6, 6.07) is 8.79. The van der Waals surface area contributed by atoms with E-state index < -0.39 is 0 Å². The van der Waals surface area contributed by atoms with Crippen LogP contribution < -0.4 is 10.2 Å². The largest absolute Gasteiger partial charge is 0.370 e. The van der Waals surface area contributed by atoms with Crippen LogP contribution in [0.1, 0.15) is 24.8 Å². The minimum atomic E-state index is 0.377. The van der Waals surface area contributed by atoms with E-state index in [-0.39, 0.29) is 0 Å². The number of nitrogens with one attached hydrogen (secondary N) is 1. The van der Waals surface area contributed by atoms with Crippen LogP contribution in [0.4, 0.5) is 11.5 Å². The van der Waals surface area contributed by atoms with Crippen LogP contribution in [0.3, 0.4) is 0 Å². The molecule has 0 saturated heterocycles. The van der Waals surface area contributed by atoms with Crippen LogP contribution in [0, 0.1) is 0 Å². The molecule has 0 spiro atoms. The fourth-order valence-electron chi connectivity index (χ4n) is 1.86. The Hall–Kier alpha value is -1.55. The molecule has 0 bridgehead atoms. The number of aromatic nitrogens is 1. The second-order valence-corrected chi connectivity index (χ2v) is 5.21. The van der Waals surface area contributed by atoms with Crippen LogP contribution in [0.15, 0.2) is 35.8 Å². The minimum Gasteiger partial charge on any atom is -0.370 e. The van der Waals surface area contributed by atoms with Gasteiger partial charge in [0, 0.05) is 36.4 Å². The Morgan fingerprint density at radius 1 is 1.44 bits per heavy atom. The Labute approximate surface area is 112 Å². The Balaban J connectivity index is 2.17. The van der Waals surface area contributed by atoms with Crippen molar-refractivity contribution in [1.29, 1.82) is 0 Å². The zero-order valence-electron chi connectivity index (χ0n) is 11.1. The van der Waals surface area contributed by atoms with E-state index in [1.54, 1.807) is 11.3 Å². The number of nitrogens with zero attached hydrogens (tertiary/aromatic N) is 2. The van der Waals surface area contributed by atoms with Crippen molar-refractivity contribution in [3.05, 3.63) is 40.7 Å². The molecule has 18 heavy (non-hydrogen) atoms. The summed E-state index contributed by atoms with van der Waals surface area (Å²) >= 11 is 1.80. The summed E-state index contributed by atoms with van der Waals surface area (Å²) < 4.78 is 0. The van der Waals surface area contributed by atoms with E-state index in [2.05, 4.69) is 59.7 Å². The van der Waals surface area contributed by atoms with Gasteiger partial charge in [0.15, 0.2) is 0 Å². The Kier molecular flexibility index (Phi) is 4.20. The van der Waals surface area contributed by atoms with E-state index in [4.69, 9.17) is 0 Å². The summed E-state index contributed by atoms with van der Waals surface area (Å²) in [5.74, 6) is 0.931. The molecule has 0 saturated carbocycles. The number of thiophene rings is 1. The van der Waals surface area contributed by atoms with Crippen molar-refractivity contribution in [2.75, 3.05) is 23.8 Å². The smallest absolute Gasteiger partial charge is 0.127 e. The second-order valence-electron chi connectivity index (χ2n) is 4.23. The molecule has 96 valence electrons. The van der Waals surface area contributed by atoms with E-state index in [1.807, 2.05) is 12.3 Å². The topological polar surface area (TPSA) is 28.2 Å². The number of hydrogen-bond acceptors (Lipinski definition) is 4. The molecule has 0 amide bonds. The predicted molar refractivity (Wildman–Crippen MR) is 79.5 cm³/mol. The molecular formula is C14H19N3S. The molecule has 0 aliphatic rings. The molecule has 0 fully saturated rings. The van der Waals surface area contributed by atoms with Gasteiger partial charge in [-0.05, 0) is 31.4 Å². The van der Waals surface area contributed by atoms with Gasteiger partial charge in [-0.3, -0.25) is 0 Å². The summed E-state index contributed by atoms with van der Waals surface area (Å²) in [4.78, 5) is 7.94. The first-order valence-electron chi connectivity index (χ1n) is 6.18. The quantitative estimate of drug-likeness (QED) is 0.888. The molecule has 4 heteroatoms. The number of rotatable bonds is 5. The van der Waals surface area contributed by atoms with E-state index in [1.165, 1.54) is 10.6 Å². The van der Waals surface area contributed by atoms with Gasteiger partial charge in [-0.1, -0.05) is 6.07 Å². The molecule has 2 heterocycles. The van der Waals surface area contributed by atoms with Crippen molar-refractivity contribution < 1.29 is 0 Å². The average molecular weight is 261 g/mol. The lowest BCUT2D eigenvalue weighted by Crippen LogP contribution is -2.21. The van der Waals surface area contributed by atoms with Gasteiger partial charge in [0.1, 0.15) is 5.82 Å². The monoisotopic (exact) mass is 261 g/mol. The van der Waals surface area contributed by atoms with Crippen LogP contribution in [0.25, 0.3) is 0 Å². The molecule has 1 atom stereocenters. The lowest BCUT2D eigenvalue weighted by Gasteiger charge is -2.26. The maximum Gasteiger partial charge on any atom is 0.127 e. The van der Waals surface area contributed by atoms with Crippen LogP contribution in [0.2, 0.25) is 0 Å². The fraction of sp³-hybridized carbons (Fsp3) is 0.357. The van der Waals surface area contributed by atoms with Crippen LogP contribution in [-0.2, 0) is 0 Å². The Morgan fingerprint density at radius 2 is 2.28 bits per heavy atom. The Bertz CT molecular complexity index is 482. The molecule has 0 aliphatic carbocycles. The summed E-state index contributed by atoms with van der Waals surface area (Å²) in [7, 11) is 2.12. The van der Waals surface area contributed by atoms with Crippen molar-refractivity contribution in [2.24, 2.45) is 0 Å². The third kappa shape index (κ3) is 2.82. The van der Waals surface area contributed by atoms with E-state index in [0.29, 0.717) is 6.04 Å². The first-order valence-corrected chi connectivity index (χ1v) is 7.06. The standard InChI is InChI=1S/C14H19N3S/c1-4-15-14-10-12(7-8-16-14)17(3)11(2)13-6-5-9-18-13/h5-11H,4H2,1-3H3,(H,15,16). The van der Waals surface area contributed by atoms with Crippen LogP contribution >= 0.6 is 11.3 Å². The van der Waals surface area contributed by atoms with Crippen molar-refractivity contribution in [1.82, 2.24) is 4.98 Å². The molecular weight excluding hydrogens is 242 g/mol. The number of anilines is 2. The van der Waals surface area contributed by atoms with E-state index in [0.717, 1.165) is 12.4 Å². The van der Waals surface area contributed by atoms with Crippen molar-refractivity contribution in [3.8, 4) is 0 Å². The third-order valence-corrected chi connectivity index (χ3v) is 4.09. The van der Waals surface area contributed by atoms with Crippen molar-refractivity contribution >= 4 is 22.8 Å². The second kappa shape index (κ2) is 5.87. The normalized spacial score (nSPS) is 12.2. The molecule has 1 N–H and O–H groups in total. The van der Waals surface area contributed by atoms with Crippen LogP contribution in [0.5, 0.6) is 0 Å². The maximum absolute atomic E-state index is 4.30. The molecule has 0 aromatic carbocycles. The summed E-state index contributed by atoms with van der Waals surface area (Å²) in [5.41, 5.74) is 1.18. The predicted octanol–water partition coefficient (Wildman–Crippen LogP) is 3.77. The summed E-state index contributed by atoms with van der Waals surface area (Å²) in [6.45, 7) is 5.19. The summed E-state index contributed by atoms with van der Waals surface area (Å²) in [5, 5.41) is 5.36. The zero-order valence-corrected chi connectivity index (χ0v) is 11.9. The molecule has 0 radical (unpaired) electrons. The highest BCUT2D eigenvalue weighted by Gasteiger charge is 2.13. The molecule has 1 unspecified atom stereocenters. The molecule has 3 nitrogen and oxygen atoms in total. The Morgan fingerprint density at radius 3 is 2.94 bits per heavy atom. The van der Waals surface area contributed by atoms with E-state index in [9.17, 15) is 0 Å². The average Bonchev–Trinajstić information content (AvgIpc) is 2.91. The molecule has 2 rings (SSSR count). The zero-order chi connectivity index (χ0) is 13.0. The SMILES string of the molecule is CCNc1cc(N(C)C(C)c2cccs2)ccn1. The lowest BCUT2D eigenvalue weighted by molar-refractivity contribution is 0.753. The molecule has 0 aliphatic heterocycles. The number of pyridine rings is 1. The highest BCUT2D eigenvalue weighted by molar-refractivity contribution is 7.10. The fourth-order valence-corrected chi connectivity index (χ4v) is 2.69. The van der Waals surface area contributed by atoms with Gasteiger partial charge in [0.2, 0.25) is 0 Å². The van der Waals surface area contributed by atoms with Gasteiger partial charge in [-0.25, -0.2) is 4.98 Å². The maximum atomic E-state index is 4.30.